The highest BCUT2D eigenvalue weighted by Crippen LogP contribution is 2.20. The zero-order valence-electron chi connectivity index (χ0n) is 12.3. The lowest BCUT2D eigenvalue weighted by Gasteiger charge is -2.15. The van der Waals surface area contributed by atoms with Crippen molar-refractivity contribution in [3.63, 3.8) is 0 Å². The van der Waals surface area contributed by atoms with Crippen LogP contribution in [0.1, 0.15) is 37.3 Å². The molecule has 21 heavy (non-hydrogen) atoms. The van der Waals surface area contributed by atoms with E-state index in [9.17, 15) is 8.42 Å². The fourth-order valence-electron chi connectivity index (χ4n) is 2.01. The highest BCUT2D eigenvalue weighted by Gasteiger charge is 2.20. The average molecular weight is 308 g/mol. The van der Waals surface area contributed by atoms with Gasteiger partial charge in [-0.1, -0.05) is 12.1 Å². The molecule has 2 rings (SSSR count). The largest absolute Gasteiger partial charge is 0.468 e. The fourth-order valence-corrected chi connectivity index (χ4v) is 3.28. The van der Waals surface area contributed by atoms with Crippen LogP contribution in [-0.4, -0.2) is 15.5 Å². The van der Waals surface area contributed by atoms with Gasteiger partial charge in [0.05, 0.1) is 17.2 Å². The number of furan rings is 1. The zero-order chi connectivity index (χ0) is 15.5. The number of nitrogens with one attached hydrogen (secondary N) is 2. The Hall–Kier alpha value is -1.63. The highest BCUT2D eigenvalue weighted by atomic mass is 32.2. The van der Waals surface area contributed by atoms with Crippen molar-refractivity contribution in [1.29, 1.82) is 0 Å². The van der Waals surface area contributed by atoms with Gasteiger partial charge in [-0.2, -0.15) is 0 Å². The number of sulfonamides is 1. The third kappa shape index (κ3) is 3.72. The van der Waals surface area contributed by atoms with E-state index >= 15 is 0 Å². The smallest absolute Gasteiger partial charge is 0.241 e. The molecule has 2 unspecified atom stereocenters. The Kier molecular flexibility index (Phi) is 4.82. The Morgan fingerprint density at radius 3 is 2.48 bits per heavy atom. The monoisotopic (exact) mass is 308 g/mol. The van der Waals surface area contributed by atoms with E-state index in [4.69, 9.17) is 4.42 Å². The number of hydrogen-bond donors (Lipinski definition) is 2. The maximum Gasteiger partial charge on any atom is 0.241 e. The Labute approximate surface area is 125 Å². The third-order valence-corrected chi connectivity index (χ3v) is 4.94. The molecule has 2 aromatic rings. The van der Waals surface area contributed by atoms with E-state index in [0.717, 1.165) is 5.56 Å². The first kappa shape index (κ1) is 15.8. The van der Waals surface area contributed by atoms with Gasteiger partial charge < -0.3 is 9.73 Å². The van der Waals surface area contributed by atoms with Crippen LogP contribution in [0, 0.1) is 0 Å². The molecule has 2 N–H and O–H groups in total. The van der Waals surface area contributed by atoms with Crippen LogP contribution >= 0.6 is 0 Å². The zero-order valence-corrected chi connectivity index (χ0v) is 13.1. The molecule has 0 spiro atoms. The summed E-state index contributed by atoms with van der Waals surface area (Å²) < 4.78 is 32.7. The molecule has 2 atom stereocenters. The summed E-state index contributed by atoms with van der Waals surface area (Å²) in [5.41, 5.74) is 0.922. The standard InChI is InChI=1S/C15H20N2O3S/c1-11(16-3)13-6-4-7-14(10-13)21(18,19)17-12(2)15-8-5-9-20-15/h4-12,16-17H,1-3H3. The van der Waals surface area contributed by atoms with E-state index in [1.807, 2.05) is 20.0 Å². The van der Waals surface area contributed by atoms with Crippen molar-refractivity contribution in [1.82, 2.24) is 10.0 Å². The van der Waals surface area contributed by atoms with Gasteiger partial charge in [0.25, 0.3) is 0 Å². The van der Waals surface area contributed by atoms with Gasteiger partial charge in [0, 0.05) is 6.04 Å². The van der Waals surface area contributed by atoms with Crippen LogP contribution in [-0.2, 0) is 10.0 Å². The Balaban J connectivity index is 2.23. The lowest BCUT2D eigenvalue weighted by molar-refractivity contribution is 0.459. The first-order chi connectivity index (χ1) is 9.94. The number of benzene rings is 1. The van der Waals surface area contributed by atoms with Gasteiger partial charge in [-0.15, -0.1) is 0 Å². The molecule has 0 fully saturated rings. The Bertz CT molecular complexity index is 681. The minimum absolute atomic E-state index is 0.0858. The van der Waals surface area contributed by atoms with Crippen molar-refractivity contribution in [2.45, 2.75) is 30.8 Å². The predicted octanol–water partition coefficient (Wildman–Crippen LogP) is 2.60. The van der Waals surface area contributed by atoms with Gasteiger partial charge >= 0.3 is 0 Å². The van der Waals surface area contributed by atoms with Gasteiger partial charge in [0.15, 0.2) is 0 Å². The summed E-state index contributed by atoms with van der Waals surface area (Å²) in [7, 11) is -1.75. The highest BCUT2D eigenvalue weighted by molar-refractivity contribution is 7.89. The molecule has 1 heterocycles. The Morgan fingerprint density at radius 2 is 1.86 bits per heavy atom. The number of rotatable bonds is 6. The van der Waals surface area contributed by atoms with E-state index in [2.05, 4.69) is 10.0 Å². The van der Waals surface area contributed by atoms with Crippen LogP contribution in [0.2, 0.25) is 0 Å². The van der Waals surface area contributed by atoms with Crippen molar-refractivity contribution in [3.05, 3.63) is 54.0 Å². The molecule has 6 heteroatoms. The molecule has 1 aromatic carbocycles. The lowest BCUT2D eigenvalue weighted by Crippen LogP contribution is -2.27. The van der Waals surface area contributed by atoms with E-state index in [1.165, 1.54) is 6.26 Å². The third-order valence-electron chi connectivity index (χ3n) is 3.40. The van der Waals surface area contributed by atoms with E-state index in [-0.39, 0.29) is 10.9 Å². The van der Waals surface area contributed by atoms with Gasteiger partial charge in [-0.25, -0.2) is 13.1 Å². The minimum atomic E-state index is -3.59. The summed E-state index contributed by atoms with van der Waals surface area (Å²) in [6.45, 7) is 3.72. The molecule has 0 aliphatic carbocycles. The van der Waals surface area contributed by atoms with Crippen LogP contribution < -0.4 is 10.0 Å². The quantitative estimate of drug-likeness (QED) is 0.860. The van der Waals surface area contributed by atoms with Crippen molar-refractivity contribution in [3.8, 4) is 0 Å². The van der Waals surface area contributed by atoms with Crippen LogP contribution in [0.3, 0.4) is 0 Å². The molecule has 0 bridgehead atoms. The van der Waals surface area contributed by atoms with E-state index < -0.39 is 16.1 Å². The average Bonchev–Trinajstić information content (AvgIpc) is 3.00. The molecule has 0 saturated heterocycles. The summed E-state index contributed by atoms with van der Waals surface area (Å²) in [4.78, 5) is 0.250. The molecule has 1 aromatic heterocycles. The van der Waals surface area contributed by atoms with Gasteiger partial charge in [-0.3, -0.25) is 0 Å². The number of hydrogen-bond acceptors (Lipinski definition) is 4. The van der Waals surface area contributed by atoms with Crippen molar-refractivity contribution in [2.24, 2.45) is 0 Å². The Morgan fingerprint density at radius 1 is 1.10 bits per heavy atom. The molecule has 0 aliphatic heterocycles. The first-order valence-corrected chi connectivity index (χ1v) is 8.25. The maximum atomic E-state index is 12.4. The summed E-state index contributed by atoms with van der Waals surface area (Å²) in [5, 5.41) is 3.09. The van der Waals surface area contributed by atoms with E-state index in [0.29, 0.717) is 5.76 Å². The first-order valence-electron chi connectivity index (χ1n) is 6.77. The van der Waals surface area contributed by atoms with Gasteiger partial charge in [0.1, 0.15) is 5.76 Å². The lowest BCUT2D eigenvalue weighted by atomic mass is 10.1. The van der Waals surface area contributed by atoms with Gasteiger partial charge in [0.2, 0.25) is 10.0 Å². The molecule has 0 saturated carbocycles. The minimum Gasteiger partial charge on any atom is -0.468 e. The second-order valence-electron chi connectivity index (χ2n) is 4.94. The van der Waals surface area contributed by atoms with E-state index in [1.54, 1.807) is 37.3 Å². The van der Waals surface area contributed by atoms with Crippen LogP contribution in [0.5, 0.6) is 0 Å². The van der Waals surface area contributed by atoms with Crippen molar-refractivity contribution < 1.29 is 12.8 Å². The summed E-state index contributed by atoms with van der Waals surface area (Å²) in [5.74, 6) is 0.582. The molecule has 114 valence electrons. The molecule has 0 amide bonds. The second kappa shape index (κ2) is 6.43. The topological polar surface area (TPSA) is 71.3 Å². The molecule has 5 nitrogen and oxygen atoms in total. The van der Waals surface area contributed by atoms with Crippen LogP contribution in [0.4, 0.5) is 0 Å². The maximum absolute atomic E-state index is 12.4. The normalized spacial score (nSPS) is 14.8. The summed E-state index contributed by atoms with van der Waals surface area (Å²) >= 11 is 0. The molecular formula is C15H20N2O3S. The fraction of sp³-hybridized carbons (Fsp3) is 0.333. The van der Waals surface area contributed by atoms with Crippen molar-refractivity contribution >= 4 is 10.0 Å². The van der Waals surface area contributed by atoms with Crippen LogP contribution in [0.25, 0.3) is 0 Å². The van der Waals surface area contributed by atoms with Gasteiger partial charge in [-0.05, 0) is 50.7 Å². The molecule has 0 aliphatic rings. The van der Waals surface area contributed by atoms with Crippen molar-refractivity contribution in [2.75, 3.05) is 7.05 Å². The SMILES string of the molecule is CNC(C)c1cccc(S(=O)(=O)NC(C)c2ccco2)c1. The second-order valence-corrected chi connectivity index (χ2v) is 6.66. The molecular weight excluding hydrogens is 288 g/mol. The van der Waals surface area contributed by atoms with Crippen LogP contribution in [0.15, 0.2) is 52.0 Å². The summed E-state index contributed by atoms with van der Waals surface area (Å²) in [6.07, 6.45) is 1.52. The predicted molar refractivity (Wildman–Crippen MR) is 81.4 cm³/mol. The summed E-state index contributed by atoms with van der Waals surface area (Å²) in [6, 6.07) is 10.0. The molecule has 0 radical (unpaired) electrons.